The van der Waals surface area contributed by atoms with Crippen LogP contribution in [-0.2, 0) is 10.0 Å². The summed E-state index contributed by atoms with van der Waals surface area (Å²) < 4.78 is 28.2. The minimum Gasteiger partial charge on any atom is -0.381 e. The smallest absolute Gasteiger partial charge is 0.269 e. The van der Waals surface area contributed by atoms with Crippen molar-refractivity contribution in [2.75, 3.05) is 5.32 Å². The van der Waals surface area contributed by atoms with E-state index in [9.17, 15) is 8.42 Å². The normalized spacial score (nSPS) is 20.0. The van der Waals surface area contributed by atoms with Gasteiger partial charge in [0.1, 0.15) is 4.90 Å². The Morgan fingerprint density at radius 3 is 2.30 bits per heavy atom. The monoisotopic (exact) mass is 410 g/mol. The van der Waals surface area contributed by atoms with Crippen LogP contribution < -0.4 is 11.1 Å². The van der Waals surface area contributed by atoms with Gasteiger partial charge in [-0.05, 0) is 44.0 Å². The first-order valence-corrected chi connectivity index (χ1v) is 11.9. The minimum atomic E-state index is -3.85. The molecule has 2 aliphatic carbocycles. The van der Waals surface area contributed by atoms with Crippen molar-refractivity contribution in [1.82, 2.24) is 9.29 Å². The number of aromatic nitrogens is 1. The van der Waals surface area contributed by atoms with Gasteiger partial charge in [-0.25, -0.2) is 12.7 Å². The van der Waals surface area contributed by atoms with Crippen LogP contribution >= 0.6 is 12.2 Å². The standard InChI is InChI=1S/C19H30N4O2S2/c20-19(26)23(16-10-6-3-7-11-16)27(24,25)18-14-21-13-12-17(18)22-15-8-4-1-2-5-9-15/h12-16H,1-11H2,(H2,20,26)(H,21,22). The predicted octanol–water partition coefficient (Wildman–Crippen LogP) is 3.78. The van der Waals surface area contributed by atoms with Crippen LogP contribution in [0.4, 0.5) is 5.69 Å². The molecule has 0 spiro atoms. The number of thiocarbonyl (C=S) groups is 1. The van der Waals surface area contributed by atoms with Gasteiger partial charge in [-0.15, -0.1) is 0 Å². The molecule has 6 nitrogen and oxygen atoms in total. The van der Waals surface area contributed by atoms with Crippen LogP contribution in [0.15, 0.2) is 23.4 Å². The van der Waals surface area contributed by atoms with E-state index in [1.54, 1.807) is 12.3 Å². The number of hydrogen-bond acceptors (Lipinski definition) is 5. The Morgan fingerprint density at radius 1 is 1.07 bits per heavy atom. The molecule has 0 amide bonds. The van der Waals surface area contributed by atoms with Crippen LogP contribution in [0.2, 0.25) is 0 Å². The third kappa shape index (κ3) is 4.90. The van der Waals surface area contributed by atoms with Gasteiger partial charge in [0.05, 0.1) is 5.69 Å². The maximum Gasteiger partial charge on any atom is 0.269 e. The van der Waals surface area contributed by atoms with Crippen molar-refractivity contribution in [2.45, 2.75) is 87.6 Å². The number of nitrogens with two attached hydrogens (primary N) is 1. The van der Waals surface area contributed by atoms with Gasteiger partial charge in [-0.1, -0.05) is 44.9 Å². The average Bonchev–Trinajstić information content (AvgIpc) is 2.91. The lowest BCUT2D eigenvalue weighted by molar-refractivity contribution is 0.326. The molecule has 0 aliphatic heterocycles. The molecular weight excluding hydrogens is 380 g/mol. The van der Waals surface area contributed by atoms with Crippen molar-refractivity contribution in [3.8, 4) is 0 Å². The van der Waals surface area contributed by atoms with Crippen LogP contribution in [-0.4, -0.2) is 34.9 Å². The van der Waals surface area contributed by atoms with E-state index in [0.29, 0.717) is 5.69 Å². The molecule has 3 rings (SSSR count). The zero-order chi connectivity index (χ0) is 19.3. The van der Waals surface area contributed by atoms with E-state index >= 15 is 0 Å². The van der Waals surface area contributed by atoms with Gasteiger partial charge in [0.25, 0.3) is 10.0 Å². The Labute approximate surface area is 168 Å². The summed E-state index contributed by atoms with van der Waals surface area (Å²) in [7, 11) is -3.85. The van der Waals surface area contributed by atoms with Crippen LogP contribution in [0.25, 0.3) is 0 Å². The Kier molecular flexibility index (Phi) is 6.92. The molecule has 0 saturated heterocycles. The number of nitrogens with zero attached hydrogens (tertiary/aromatic N) is 2. The Morgan fingerprint density at radius 2 is 1.67 bits per heavy atom. The molecule has 27 heavy (non-hydrogen) atoms. The van der Waals surface area contributed by atoms with E-state index in [4.69, 9.17) is 18.0 Å². The summed E-state index contributed by atoms with van der Waals surface area (Å²) in [5.74, 6) is 0. The second-order valence-electron chi connectivity index (χ2n) is 7.64. The molecule has 0 bridgehead atoms. The molecule has 3 N–H and O–H groups in total. The zero-order valence-corrected chi connectivity index (χ0v) is 17.4. The number of hydrogen-bond donors (Lipinski definition) is 2. The van der Waals surface area contributed by atoms with Crippen LogP contribution in [0.3, 0.4) is 0 Å². The van der Waals surface area contributed by atoms with Gasteiger partial charge in [0.2, 0.25) is 0 Å². The predicted molar refractivity (Wildman–Crippen MR) is 112 cm³/mol. The molecule has 1 heterocycles. The molecule has 8 heteroatoms. The number of pyridine rings is 1. The first-order valence-electron chi connectivity index (χ1n) is 10.0. The molecule has 0 atom stereocenters. The fourth-order valence-corrected chi connectivity index (χ4v) is 6.36. The van der Waals surface area contributed by atoms with Crippen molar-refractivity contribution in [3.05, 3.63) is 18.5 Å². The van der Waals surface area contributed by atoms with Crippen LogP contribution in [0, 0.1) is 0 Å². The largest absolute Gasteiger partial charge is 0.381 e. The quantitative estimate of drug-likeness (QED) is 0.567. The molecule has 0 unspecified atom stereocenters. The second kappa shape index (κ2) is 9.19. The Balaban J connectivity index is 1.89. The molecule has 1 aromatic heterocycles. The van der Waals surface area contributed by atoms with Gasteiger partial charge < -0.3 is 11.1 Å². The highest BCUT2D eigenvalue weighted by molar-refractivity contribution is 7.91. The lowest BCUT2D eigenvalue weighted by atomic mass is 9.96. The van der Waals surface area contributed by atoms with Gasteiger partial charge in [-0.2, -0.15) is 0 Å². The third-order valence-electron chi connectivity index (χ3n) is 5.66. The second-order valence-corrected chi connectivity index (χ2v) is 9.84. The first-order chi connectivity index (χ1) is 13.0. The summed E-state index contributed by atoms with van der Waals surface area (Å²) in [5, 5.41) is 3.38. The summed E-state index contributed by atoms with van der Waals surface area (Å²) in [6, 6.07) is 1.88. The van der Waals surface area contributed by atoms with Crippen molar-refractivity contribution in [3.63, 3.8) is 0 Å². The van der Waals surface area contributed by atoms with Gasteiger partial charge in [-0.3, -0.25) is 4.98 Å². The van der Waals surface area contributed by atoms with Crippen LogP contribution in [0.5, 0.6) is 0 Å². The van der Waals surface area contributed by atoms with Crippen molar-refractivity contribution < 1.29 is 8.42 Å². The lowest BCUT2D eigenvalue weighted by Crippen LogP contribution is -2.48. The molecule has 2 fully saturated rings. The van der Waals surface area contributed by atoms with Gasteiger partial charge in [0.15, 0.2) is 5.11 Å². The van der Waals surface area contributed by atoms with Crippen molar-refractivity contribution in [2.24, 2.45) is 5.73 Å². The van der Waals surface area contributed by atoms with Crippen molar-refractivity contribution >= 4 is 33.0 Å². The SMILES string of the molecule is NC(=S)N(C1CCCCC1)S(=O)(=O)c1cnccc1NC1CCCCCC1. The Bertz CT molecular complexity index is 740. The van der Waals surface area contributed by atoms with E-state index in [-0.39, 0.29) is 22.1 Å². The molecular formula is C19H30N4O2S2. The van der Waals surface area contributed by atoms with E-state index in [1.807, 2.05) is 0 Å². The minimum absolute atomic E-state index is 0.0776. The fourth-order valence-electron chi connectivity index (χ4n) is 4.26. The molecule has 1 aromatic rings. The maximum absolute atomic E-state index is 13.5. The van der Waals surface area contributed by atoms with E-state index in [1.165, 1.54) is 36.2 Å². The summed E-state index contributed by atoms with van der Waals surface area (Å²) in [4.78, 5) is 4.25. The molecule has 2 saturated carbocycles. The highest BCUT2D eigenvalue weighted by Gasteiger charge is 2.35. The summed E-state index contributed by atoms with van der Waals surface area (Å²) in [6.45, 7) is 0. The number of sulfonamides is 1. The van der Waals surface area contributed by atoms with E-state index < -0.39 is 10.0 Å². The van der Waals surface area contributed by atoms with Crippen molar-refractivity contribution in [1.29, 1.82) is 0 Å². The topological polar surface area (TPSA) is 88.3 Å². The summed E-state index contributed by atoms with van der Waals surface area (Å²) >= 11 is 5.15. The highest BCUT2D eigenvalue weighted by Crippen LogP contribution is 2.31. The van der Waals surface area contributed by atoms with E-state index in [2.05, 4.69) is 10.3 Å². The fraction of sp³-hybridized carbons (Fsp3) is 0.684. The van der Waals surface area contributed by atoms with Gasteiger partial charge >= 0.3 is 0 Å². The summed E-state index contributed by atoms with van der Waals surface area (Å²) in [5.41, 5.74) is 6.49. The molecule has 0 radical (unpaired) electrons. The van der Waals surface area contributed by atoms with Gasteiger partial charge in [0, 0.05) is 24.5 Å². The Hall–Kier alpha value is -1.41. The van der Waals surface area contributed by atoms with E-state index in [0.717, 1.165) is 44.9 Å². The summed E-state index contributed by atoms with van der Waals surface area (Å²) in [6.07, 6.45) is 14.7. The third-order valence-corrected chi connectivity index (χ3v) is 7.87. The number of anilines is 1. The molecule has 0 aromatic carbocycles. The molecule has 2 aliphatic rings. The van der Waals surface area contributed by atoms with Crippen LogP contribution in [0.1, 0.15) is 70.6 Å². The molecule has 150 valence electrons. The zero-order valence-electron chi connectivity index (χ0n) is 15.8. The number of rotatable bonds is 5. The average molecular weight is 411 g/mol. The lowest BCUT2D eigenvalue weighted by Gasteiger charge is -2.34. The first kappa shape index (κ1) is 20.3. The highest BCUT2D eigenvalue weighted by atomic mass is 32.2. The maximum atomic E-state index is 13.5. The number of nitrogens with one attached hydrogen (secondary N) is 1.